The van der Waals surface area contributed by atoms with E-state index in [1.807, 2.05) is 32.1 Å². The van der Waals surface area contributed by atoms with Gasteiger partial charge in [0.15, 0.2) is 5.75 Å². The predicted octanol–water partition coefficient (Wildman–Crippen LogP) is 4.41. The molecule has 7 heteroatoms. The lowest BCUT2D eigenvalue weighted by molar-refractivity contribution is -0.114. The van der Waals surface area contributed by atoms with E-state index in [0.29, 0.717) is 11.4 Å². The van der Waals surface area contributed by atoms with Crippen molar-refractivity contribution in [1.29, 1.82) is 0 Å². The van der Waals surface area contributed by atoms with Gasteiger partial charge in [0.05, 0.1) is 30.9 Å². The average molecular weight is 404 g/mol. The second-order valence-electron chi connectivity index (χ2n) is 5.66. The zero-order valence-corrected chi connectivity index (χ0v) is 17.3. The molecule has 0 unspecified atom stereocenters. The maximum absolute atomic E-state index is 11.6. The Morgan fingerprint density at radius 3 is 2.71 bits per heavy atom. The number of allylic oxidation sites excluding steroid dienone is 3. The number of hydrogen-bond donors (Lipinski definition) is 2. The molecule has 0 fully saturated rings. The predicted molar refractivity (Wildman–Crippen MR) is 116 cm³/mol. The second kappa shape index (κ2) is 11.7. The molecular weight excluding hydrogens is 378 g/mol. The lowest BCUT2D eigenvalue weighted by Gasteiger charge is -2.12. The molecule has 1 amide bonds. The molecule has 0 atom stereocenters. The van der Waals surface area contributed by atoms with Crippen molar-refractivity contribution in [2.24, 2.45) is 10.7 Å². The van der Waals surface area contributed by atoms with Gasteiger partial charge in [0.1, 0.15) is 10.8 Å². The number of halogens is 1. The van der Waals surface area contributed by atoms with Crippen molar-refractivity contribution in [3.8, 4) is 5.75 Å². The summed E-state index contributed by atoms with van der Waals surface area (Å²) in [6.45, 7) is 7.61. The molecular formula is C21H26ClN3O3. The third kappa shape index (κ3) is 6.63. The molecule has 0 aliphatic heterocycles. The molecule has 28 heavy (non-hydrogen) atoms. The molecule has 0 spiro atoms. The van der Waals surface area contributed by atoms with Crippen LogP contribution in [0.15, 0.2) is 65.2 Å². The molecule has 6 nitrogen and oxygen atoms in total. The molecule has 150 valence electrons. The second-order valence-corrected chi connectivity index (χ2v) is 6.06. The third-order valence-corrected chi connectivity index (χ3v) is 3.93. The van der Waals surface area contributed by atoms with Crippen LogP contribution in [0.1, 0.15) is 25.8 Å². The van der Waals surface area contributed by atoms with Crippen LogP contribution in [0.2, 0.25) is 0 Å². The summed E-state index contributed by atoms with van der Waals surface area (Å²) in [6.07, 6.45) is 7.51. The first-order valence-electron chi connectivity index (χ1n) is 8.63. The van der Waals surface area contributed by atoms with Crippen molar-refractivity contribution in [2.75, 3.05) is 14.2 Å². The van der Waals surface area contributed by atoms with Gasteiger partial charge in [0, 0.05) is 12.6 Å². The molecule has 0 radical (unpaired) electrons. The number of carbonyl (C=O) groups is 1. The SMILES string of the molecule is C=C(C(N)=O)C(/C=C(/Cl)NC)=Nc1cccc(/C(C)=C/O/C=C/CC)c1OC. The first kappa shape index (κ1) is 23.0. The first-order chi connectivity index (χ1) is 13.3. The maximum Gasteiger partial charge on any atom is 0.250 e. The van der Waals surface area contributed by atoms with Gasteiger partial charge in [-0.3, -0.25) is 4.79 Å². The van der Waals surface area contributed by atoms with E-state index in [-0.39, 0.29) is 16.4 Å². The van der Waals surface area contributed by atoms with Gasteiger partial charge in [0.25, 0.3) is 0 Å². The summed E-state index contributed by atoms with van der Waals surface area (Å²) < 4.78 is 11.0. The molecule has 3 N–H and O–H groups in total. The first-order valence-corrected chi connectivity index (χ1v) is 9.00. The highest BCUT2D eigenvalue weighted by molar-refractivity contribution is 6.34. The zero-order valence-electron chi connectivity index (χ0n) is 16.6. The fourth-order valence-corrected chi connectivity index (χ4v) is 2.23. The van der Waals surface area contributed by atoms with Crippen LogP contribution in [0.4, 0.5) is 5.69 Å². The van der Waals surface area contributed by atoms with E-state index in [4.69, 9.17) is 26.8 Å². The summed E-state index contributed by atoms with van der Waals surface area (Å²) in [7, 11) is 3.19. The normalized spacial score (nSPS) is 12.8. The van der Waals surface area contributed by atoms with Crippen molar-refractivity contribution in [3.05, 3.63) is 65.7 Å². The molecule has 1 aromatic carbocycles. The molecule has 0 aromatic heterocycles. The Morgan fingerprint density at radius 1 is 1.43 bits per heavy atom. The minimum absolute atomic E-state index is 0.0288. The van der Waals surface area contributed by atoms with Crippen LogP contribution >= 0.6 is 11.6 Å². The van der Waals surface area contributed by atoms with Gasteiger partial charge >= 0.3 is 0 Å². The van der Waals surface area contributed by atoms with Crippen molar-refractivity contribution in [1.82, 2.24) is 5.32 Å². The van der Waals surface area contributed by atoms with Gasteiger partial charge in [-0.05, 0) is 37.1 Å². The topological polar surface area (TPSA) is 85.9 Å². The number of ether oxygens (including phenoxy) is 2. The average Bonchev–Trinajstić information content (AvgIpc) is 2.69. The fourth-order valence-electron chi connectivity index (χ4n) is 2.13. The Bertz CT molecular complexity index is 839. The van der Waals surface area contributed by atoms with E-state index in [1.54, 1.807) is 32.7 Å². The number of hydrogen-bond acceptors (Lipinski definition) is 5. The quantitative estimate of drug-likeness (QED) is 0.262. The van der Waals surface area contributed by atoms with E-state index < -0.39 is 5.91 Å². The molecule has 0 heterocycles. The van der Waals surface area contributed by atoms with Gasteiger partial charge in [-0.15, -0.1) is 0 Å². The van der Waals surface area contributed by atoms with Crippen LogP contribution in [0, 0.1) is 0 Å². The Balaban J connectivity index is 3.46. The third-order valence-electron chi connectivity index (χ3n) is 3.63. The number of carbonyl (C=O) groups excluding carboxylic acids is 1. The van der Waals surface area contributed by atoms with E-state index in [1.165, 1.54) is 6.08 Å². The van der Waals surface area contributed by atoms with Gasteiger partial charge in [0.2, 0.25) is 5.91 Å². The van der Waals surface area contributed by atoms with E-state index in [9.17, 15) is 4.79 Å². The Morgan fingerprint density at radius 2 is 2.14 bits per heavy atom. The lowest BCUT2D eigenvalue weighted by Crippen LogP contribution is -2.19. The molecule has 1 aromatic rings. The van der Waals surface area contributed by atoms with Crippen molar-refractivity contribution in [3.63, 3.8) is 0 Å². The molecule has 0 aliphatic carbocycles. The molecule has 0 aliphatic rings. The number of aliphatic imine (C=N–C) groups is 1. The fraction of sp³-hybridized carbons (Fsp3) is 0.238. The van der Waals surface area contributed by atoms with Gasteiger partial charge < -0.3 is 20.5 Å². The van der Waals surface area contributed by atoms with Crippen LogP contribution in [0.3, 0.4) is 0 Å². The van der Waals surface area contributed by atoms with Crippen LogP contribution in [-0.4, -0.2) is 25.8 Å². The largest absolute Gasteiger partial charge is 0.494 e. The number of rotatable bonds is 10. The Hall–Kier alpha value is -2.99. The highest BCUT2D eigenvalue weighted by atomic mass is 35.5. The summed E-state index contributed by atoms with van der Waals surface area (Å²) in [6, 6.07) is 5.46. The van der Waals surface area contributed by atoms with E-state index >= 15 is 0 Å². The monoisotopic (exact) mass is 403 g/mol. The van der Waals surface area contributed by atoms with Gasteiger partial charge in [-0.25, -0.2) is 4.99 Å². The minimum Gasteiger partial charge on any atom is -0.494 e. The minimum atomic E-state index is -0.696. The van der Waals surface area contributed by atoms with Crippen molar-refractivity contribution >= 4 is 34.5 Å². The number of nitrogens with one attached hydrogen (secondary N) is 1. The highest BCUT2D eigenvalue weighted by Gasteiger charge is 2.14. The number of primary amides is 1. The summed E-state index contributed by atoms with van der Waals surface area (Å²) in [5.41, 5.74) is 7.74. The summed E-state index contributed by atoms with van der Waals surface area (Å²) in [5, 5.41) is 3.04. The Labute approximate surface area is 171 Å². The summed E-state index contributed by atoms with van der Waals surface area (Å²) in [4.78, 5) is 16.1. The van der Waals surface area contributed by atoms with Crippen LogP contribution in [0.5, 0.6) is 5.75 Å². The summed E-state index contributed by atoms with van der Waals surface area (Å²) >= 11 is 6.03. The maximum atomic E-state index is 11.6. The summed E-state index contributed by atoms with van der Waals surface area (Å²) in [5.74, 6) is -0.180. The molecule has 0 saturated heterocycles. The zero-order chi connectivity index (χ0) is 21.1. The van der Waals surface area contributed by atoms with Gasteiger partial charge in [-0.1, -0.05) is 37.2 Å². The number of benzene rings is 1. The number of para-hydroxylation sites is 1. The number of methoxy groups -OCH3 is 1. The number of amides is 1. The van der Waals surface area contributed by atoms with E-state index in [2.05, 4.69) is 16.9 Å². The van der Waals surface area contributed by atoms with Crippen molar-refractivity contribution in [2.45, 2.75) is 20.3 Å². The smallest absolute Gasteiger partial charge is 0.250 e. The lowest BCUT2D eigenvalue weighted by atomic mass is 10.1. The van der Waals surface area contributed by atoms with Crippen LogP contribution in [-0.2, 0) is 9.53 Å². The van der Waals surface area contributed by atoms with Crippen LogP contribution < -0.4 is 15.8 Å². The molecule has 0 saturated carbocycles. The van der Waals surface area contributed by atoms with E-state index in [0.717, 1.165) is 17.6 Å². The molecule has 0 bridgehead atoms. The number of nitrogens with zero attached hydrogens (tertiary/aromatic N) is 1. The standard InChI is InChI=1S/C21H26ClN3O3/c1-6-7-11-28-13-14(2)16-9-8-10-17(20(16)27-5)25-18(12-19(22)24-4)15(3)21(23)26/h7-13,24H,3,6H2,1-2,4-5H3,(H2,23,26)/b11-7+,14-13+,19-12-,25-18?. The van der Waals surface area contributed by atoms with Crippen LogP contribution in [0.25, 0.3) is 5.57 Å². The molecule has 1 rings (SSSR count). The number of nitrogens with two attached hydrogens (primary N) is 1. The van der Waals surface area contributed by atoms with Gasteiger partial charge in [-0.2, -0.15) is 0 Å². The highest BCUT2D eigenvalue weighted by Crippen LogP contribution is 2.36. The van der Waals surface area contributed by atoms with Crippen molar-refractivity contribution < 1.29 is 14.3 Å². The Kier molecular flexibility index (Phi) is 9.60.